The first-order valence-electron chi connectivity index (χ1n) is 17.4. The van der Waals surface area contributed by atoms with Crippen LogP contribution in [0.2, 0.25) is 5.02 Å². The number of halogens is 4. The molecule has 8 rings (SSSR count). The Morgan fingerprint density at radius 1 is 0.982 bits per heavy atom. The number of aldehydes is 2. The lowest BCUT2D eigenvalue weighted by Crippen LogP contribution is -2.59. The first-order valence-corrected chi connectivity index (χ1v) is 18.6. The third-order valence-corrected chi connectivity index (χ3v) is 11.1. The SMILES string of the molecule is CN1CCc2cc(C(=O)Nc3c(F)cc(F)cc3Cl)sc2-c2ncc(F)cc21.CNc1ccc(C=O)cc1.O=Cc1cccnc1N1CC2(CCOCC2)C1. The molecule has 0 unspecified atom stereocenters. The van der Waals surface area contributed by atoms with E-state index in [0.717, 1.165) is 85.9 Å². The van der Waals surface area contributed by atoms with Crippen LogP contribution in [0.15, 0.2) is 73.1 Å². The fourth-order valence-electron chi connectivity index (χ4n) is 6.59. The van der Waals surface area contributed by atoms with Gasteiger partial charge < -0.3 is 25.2 Å². The van der Waals surface area contributed by atoms with Gasteiger partial charge in [-0.25, -0.2) is 18.2 Å². The minimum absolute atomic E-state index is 0.229. The summed E-state index contributed by atoms with van der Waals surface area (Å²) in [6.45, 7) is 4.39. The molecule has 1 amide bonds. The van der Waals surface area contributed by atoms with Gasteiger partial charge in [-0.3, -0.25) is 19.4 Å². The maximum absolute atomic E-state index is 14.0. The molecule has 0 aliphatic carbocycles. The number of hydrogen-bond donors (Lipinski definition) is 2. The number of thiophene rings is 1. The molecule has 286 valence electrons. The van der Waals surface area contributed by atoms with E-state index in [1.165, 1.54) is 17.4 Å². The van der Waals surface area contributed by atoms with E-state index in [1.807, 2.05) is 37.2 Å². The molecule has 5 aromatic rings. The number of amides is 1. The van der Waals surface area contributed by atoms with Gasteiger partial charge in [0.25, 0.3) is 5.91 Å². The van der Waals surface area contributed by atoms with Gasteiger partial charge in [0, 0.05) is 81.9 Å². The number of hydrogen-bond acceptors (Lipinski definition) is 10. The molecule has 2 fully saturated rings. The summed E-state index contributed by atoms with van der Waals surface area (Å²) in [4.78, 5) is 47.5. The Labute approximate surface area is 325 Å². The summed E-state index contributed by atoms with van der Waals surface area (Å²) in [5, 5.41) is 5.13. The lowest BCUT2D eigenvalue weighted by molar-refractivity contribution is -0.000497. The summed E-state index contributed by atoms with van der Waals surface area (Å²) >= 11 is 7.02. The van der Waals surface area contributed by atoms with Crippen molar-refractivity contribution in [1.29, 1.82) is 0 Å². The summed E-state index contributed by atoms with van der Waals surface area (Å²) in [5.41, 5.74) is 4.67. The van der Waals surface area contributed by atoms with Gasteiger partial charge >= 0.3 is 0 Å². The molecule has 6 heterocycles. The maximum atomic E-state index is 14.0. The Kier molecular flexibility index (Phi) is 12.5. The van der Waals surface area contributed by atoms with E-state index in [2.05, 4.69) is 25.5 Å². The van der Waals surface area contributed by atoms with Gasteiger partial charge in [0.2, 0.25) is 0 Å². The van der Waals surface area contributed by atoms with E-state index in [4.69, 9.17) is 16.3 Å². The summed E-state index contributed by atoms with van der Waals surface area (Å²) in [7, 11) is 3.69. The Morgan fingerprint density at radius 2 is 1.73 bits per heavy atom. The molecule has 3 aromatic heterocycles. The van der Waals surface area contributed by atoms with Gasteiger partial charge in [0.1, 0.15) is 29.4 Å². The highest BCUT2D eigenvalue weighted by atomic mass is 35.5. The van der Waals surface area contributed by atoms with Crippen LogP contribution in [0, 0.1) is 22.9 Å². The van der Waals surface area contributed by atoms with Crippen molar-refractivity contribution in [3.05, 3.63) is 117 Å². The number of rotatable bonds is 6. The van der Waals surface area contributed by atoms with Crippen molar-refractivity contribution in [3.8, 4) is 10.6 Å². The van der Waals surface area contributed by atoms with Gasteiger partial charge in [0.15, 0.2) is 12.1 Å². The second-order valence-electron chi connectivity index (χ2n) is 13.3. The molecule has 2 saturated heterocycles. The van der Waals surface area contributed by atoms with Crippen molar-refractivity contribution in [1.82, 2.24) is 9.97 Å². The quantitative estimate of drug-likeness (QED) is 0.164. The summed E-state index contributed by atoms with van der Waals surface area (Å²) in [5.74, 6) is -1.96. The Balaban J connectivity index is 0.000000160. The van der Waals surface area contributed by atoms with Crippen molar-refractivity contribution < 1.29 is 32.3 Å². The van der Waals surface area contributed by atoms with Crippen molar-refractivity contribution in [3.63, 3.8) is 0 Å². The van der Waals surface area contributed by atoms with Gasteiger partial charge in [-0.15, -0.1) is 11.3 Å². The zero-order valence-electron chi connectivity index (χ0n) is 30.1. The molecule has 3 aliphatic rings. The molecule has 3 aliphatic heterocycles. The summed E-state index contributed by atoms with van der Waals surface area (Å²) < 4.78 is 46.2. The van der Waals surface area contributed by atoms with Crippen molar-refractivity contribution in [2.75, 3.05) is 67.4 Å². The van der Waals surface area contributed by atoms with Crippen molar-refractivity contribution >= 4 is 64.3 Å². The molecule has 2 aromatic carbocycles. The number of nitrogens with one attached hydrogen (secondary N) is 2. The van der Waals surface area contributed by atoms with Gasteiger partial charge in [-0.1, -0.05) is 11.6 Å². The normalized spacial score (nSPS) is 15.1. The predicted octanol–water partition coefficient (Wildman–Crippen LogP) is 8.18. The largest absolute Gasteiger partial charge is 0.388 e. The van der Waals surface area contributed by atoms with Gasteiger partial charge in [-0.2, -0.15) is 0 Å². The zero-order chi connectivity index (χ0) is 39.1. The third-order valence-electron chi connectivity index (χ3n) is 9.64. The van der Waals surface area contributed by atoms with Gasteiger partial charge in [-0.05, 0) is 73.4 Å². The average molecular weight is 791 g/mol. The van der Waals surface area contributed by atoms with Crippen LogP contribution < -0.4 is 20.4 Å². The zero-order valence-corrected chi connectivity index (χ0v) is 31.7. The number of pyridine rings is 2. The van der Waals surface area contributed by atoms with Crippen molar-refractivity contribution in [2.45, 2.75) is 19.3 Å². The topological polar surface area (TPSA) is 117 Å². The number of carbonyl (C=O) groups excluding carboxylic acids is 3. The van der Waals surface area contributed by atoms with Crippen molar-refractivity contribution in [2.24, 2.45) is 5.41 Å². The molecule has 15 heteroatoms. The van der Waals surface area contributed by atoms with Crippen LogP contribution in [0.1, 0.15) is 48.8 Å². The molecular formula is C40H38ClF3N6O4S. The summed E-state index contributed by atoms with van der Waals surface area (Å²) in [6.07, 6.45) is 7.50. The minimum Gasteiger partial charge on any atom is -0.388 e. The molecule has 0 saturated carbocycles. The lowest BCUT2D eigenvalue weighted by Gasteiger charge is -2.52. The van der Waals surface area contributed by atoms with Crippen LogP contribution in [0.5, 0.6) is 0 Å². The second-order valence-corrected chi connectivity index (χ2v) is 14.8. The van der Waals surface area contributed by atoms with E-state index in [-0.39, 0.29) is 10.7 Å². The number of benzene rings is 2. The van der Waals surface area contributed by atoms with E-state index in [9.17, 15) is 27.6 Å². The van der Waals surface area contributed by atoms with E-state index in [1.54, 1.807) is 30.5 Å². The third kappa shape index (κ3) is 9.15. The fourth-order valence-corrected chi connectivity index (χ4v) is 7.95. The van der Waals surface area contributed by atoms with Crippen LogP contribution in [0.4, 0.5) is 36.1 Å². The molecule has 10 nitrogen and oxygen atoms in total. The predicted molar refractivity (Wildman–Crippen MR) is 210 cm³/mol. The Bertz CT molecular complexity index is 2150. The minimum atomic E-state index is -0.958. The number of carbonyl (C=O) groups is 3. The summed E-state index contributed by atoms with van der Waals surface area (Å²) in [6, 6.07) is 15.6. The number of nitrogens with zero attached hydrogens (tertiary/aromatic N) is 4. The molecule has 0 bridgehead atoms. The molecule has 0 atom stereocenters. The first kappa shape index (κ1) is 39.4. The highest BCUT2D eigenvalue weighted by molar-refractivity contribution is 7.17. The van der Waals surface area contributed by atoms with Gasteiger partial charge in [0.05, 0.1) is 37.9 Å². The highest BCUT2D eigenvalue weighted by Crippen LogP contribution is 2.42. The standard InChI is InChI=1S/C19H13ClF3N3OS.C13H16N2O2.C8H9NO/c1-26-3-2-9-4-15(28-18(9)17-14(26)7-11(22)8-24-17)19(27)25-16-12(20)5-10(21)6-13(16)23;16-8-11-2-1-5-14-12(11)15-9-13(10-15)3-6-17-7-4-13;1-9-8-4-2-7(6-10)3-5-8/h4-8H,2-3H2,1H3,(H,25,27);1-2,5,8H,3-4,6-7,9-10H2;2-6,9H,1H3. The van der Waals surface area contributed by atoms with E-state index >= 15 is 0 Å². The number of fused-ring (bicyclic) bond motifs is 3. The molecule has 55 heavy (non-hydrogen) atoms. The van der Waals surface area contributed by atoms with E-state index < -0.39 is 23.4 Å². The Morgan fingerprint density at radius 3 is 2.40 bits per heavy atom. The van der Waals surface area contributed by atoms with Crippen LogP contribution >= 0.6 is 22.9 Å². The maximum Gasteiger partial charge on any atom is 0.265 e. The van der Waals surface area contributed by atoms with E-state index in [0.29, 0.717) is 51.8 Å². The van der Waals surface area contributed by atoms with Crippen LogP contribution in [0.3, 0.4) is 0 Å². The number of aromatic nitrogens is 2. The highest BCUT2D eigenvalue weighted by Gasteiger charge is 2.44. The molecule has 2 N–H and O–H groups in total. The molecule has 0 radical (unpaired) electrons. The fraction of sp³-hybridized carbons (Fsp3) is 0.275. The molecule has 1 spiro atoms. The van der Waals surface area contributed by atoms with Crippen LogP contribution in [-0.4, -0.2) is 75.4 Å². The number of likely N-dealkylation sites (N-methyl/N-ethyl adjacent to an activating group) is 1. The van der Waals surface area contributed by atoms with Crippen LogP contribution in [-0.2, 0) is 11.2 Å². The lowest BCUT2D eigenvalue weighted by atomic mass is 9.73. The molecular weight excluding hydrogens is 753 g/mol. The Hall–Kier alpha value is -5.31. The smallest absolute Gasteiger partial charge is 0.265 e. The monoisotopic (exact) mass is 790 g/mol. The van der Waals surface area contributed by atoms with Crippen LogP contribution in [0.25, 0.3) is 10.6 Å². The average Bonchev–Trinajstić information content (AvgIpc) is 3.57. The number of anilines is 4. The first-order chi connectivity index (χ1) is 26.5. The second kappa shape index (κ2) is 17.4. The number of ether oxygens (including phenoxy) is 1.